The molecule has 2 aromatic rings. The van der Waals surface area contributed by atoms with Crippen LogP contribution in [-0.4, -0.2) is 22.8 Å². The molecule has 8 heteroatoms. The van der Waals surface area contributed by atoms with Crippen LogP contribution in [0.3, 0.4) is 0 Å². The number of aromatic nitrogens is 2. The average Bonchev–Trinajstić information content (AvgIpc) is 2.87. The highest BCUT2D eigenvalue weighted by molar-refractivity contribution is 7.13. The number of urea groups is 1. The number of anilines is 1. The number of nitrogens with zero attached hydrogens (tertiary/aromatic N) is 2. The van der Waals surface area contributed by atoms with Crippen molar-refractivity contribution in [3.8, 4) is 0 Å². The van der Waals surface area contributed by atoms with Crippen molar-refractivity contribution in [1.29, 1.82) is 0 Å². The number of halogens is 2. The SMILES string of the molecule is O=C(NCCc1cccc(Cl)c1Cl)Nc1nncs1. The summed E-state index contributed by atoms with van der Waals surface area (Å²) in [6.07, 6.45) is 0.600. The van der Waals surface area contributed by atoms with E-state index in [0.29, 0.717) is 28.1 Å². The van der Waals surface area contributed by atoms with Crippen molar-refractivity contribution in [2.24, 2.45) is 0 Å². The molecule has 5 nitrogen and oxygen atoms in total. The number of amides is 2. The van der Waals surface area contributed by atoms with Gasteiger partial charge >= 0.3 is 6.03 Å². The van der Waals surface area contributed by atoms with Crippen molar-refractivity contribution in [1.82, 2.24) is 15.5 Å². The molecule has 0 aliphatic rings. The predicted molar refractivity (Wildman–Crippen MR) is 77.1 cm³/mol. The summed E-state index contributed by atoms with van der Waals surface area (Å²) < 4.78 is 0. The lowest BCUT2D eigenvalue weighted by atomic mass is 10.1. The Morgan fingerprint density at radius 3 is 2.95 bits per heavy atom. The lowest BCUT2D eigenvalue weighted by Gasteiger charge is -2.07. The number of nitrogens with one attached hydrogen (secondary N) is 2. The molecular weight excluding hydrogens is 307 g/mol. The van der Waals surface area contributed by atoms with Gasteiger partial charge in [0, 0.05) is 6.54 Å². The zero-order chi connectivity index (χ0) is 13.7. The molecule has 0 saturated heterocycles. The van der Waals surface area contributed by atoms with E-state index in [2.05, 4.69) is 20.8 Å². The van der Waals surface area contributed by atoms with Crippen LogP contribution in [0.4, 0.5) is 9.93 Å². The standard InChI is InChI=1S/C11H10Cl2N4OS/c12-8-3-1-2-7(9(8)13)4-5-14-10(18)16-11-17-15-6-19-11/h1-3,6H,4-5H2,(H2,14,16,17,18). The number of hydrogen-bond donors (Lipinski definition) is 2. The normalized spacial score (nSPS) is 10.2. The maximum atomic E-state index is 11.5. The monoisotopic (exact) mass is 316 g/mol. The van der Waals surface area contributed by atoms with E-state index in [1.807, 2.05) is 12.1 Å². The molecule has 2 rings (SSSR count). The first-order valence-electron chi connectivity index (χ1n) is 5.40. The van der Waals surface area contributed by atoms with Crippen LogP contribution >= 0.6 is 34.5 Å². The van der Waals surface area contributed by atoms with E-state index < -0.39 is 0 Å². The topological polar surface area (TPSA) is 66.9 Å². The molecule has 0 aliphatic carbocycles. The Balaban J connectivity index is 1.80. The van der Waals surface area contributed by atoms with Gasteiger partial charge in [-0.1, -0.05) is 46.7 Å². The second-order valence-electron chi connectivity index (χ2n) is 3.59. The Morgan fingerprint density at radius 2 is 2.21 bits per heavy atom. The summed E-state index contributed by atoms with van der Waals surface area (Å²) in [5.41, 5.74) is 2.44. The summed E-state index contributed by atoms with van der Waals surface area (Å²) >= 11 is 13.2. The quantitative estimate of drug-likeness (QED) is 0.910. The summed E-state index contributed by atoms with van der Waals surface area (Å²) in [6, 6.07) is 5.10. The van der Waals surface area contributed by atoms with Crippen LogP contribution in [-0.2, 0) is 6.42 Å². The van der Waals surface area contributed by atoms with Gasteiger partial charge in [0.25, 0.3) is 0 Å². The van der Waals surface area contributed by atoms with E-state index in [4.69, 9.17) is 23.2 Å². The summed E-state index contributed by atoms with van der Waals surface area (Å²) in [5, 5.41) is 14.1. The van der Waals surface area contributed by atoms with Crippen LogP contribution in [0.5, 0.6) is 0 Å². The van der Waals surface area contributed by atoms with Crippen molar-refractivity contribution < 1.29 is 4.79 Å². The van der Waals surface area contributed by atoms with Crippen LogP contribution in [0, 0.1) is 0 Å². The third-order valence-electron chi connectivity index (χ3n) is 2.29. The first kappa shape index (κ1) is 14.0. The molecule has 19 heavy (non-hydrogen) atoms. The molecule has 0 saturated carbocycles. The number of carbonyl (C=O) groups is 1. The van der Waals surface area contributed by atoms with Crippen LogP contribution < -0.4 is 10.6 Å². The van der Waals surface area contributed by atoms with Gasteiger partial charge in [-0.3, -0.25) is 5.32 Å². The molecule has 1 heterocycles. The molecular formula is C11H10Cl2N4OS. The minimum Gasteiger partial charge on any atom is -0.337 e. The molecule has 2 amide bonds. The van der Waals surface area contributed by atoms with Gasteiger partial charge in [-0.15, -0.1) is 10.2 Å². The van der Waals surface area contributed by atoms with Crippen LogP contribution in [0.25, 0.3) is 0 Å². The third-order valence-corrected chi connectivity index (χ3v) is 3.76. The van der Waals surface area contributed by atoms with Crippen molar-refractivity contribution in [2.75, 3.05) is 11.9 Å². The second-order valence-corrected chi connectivity index (χ2v) is 5.21. The average molecular weight is 317 g/mol. The van der Waals surface area contributed by atoms with Gasteiger partial charge in [0.1, 0.15) is 5.51 Å². The first-order valence-corrected chi connectivity index (χ1v) is 7.04. The second kappa shape index (κ2) is 6.70. The molecule has 0 bridgehead atoms. The van der Waals surface area contributed by atoms with Gasteiger partial charge in [-0.25, -0.2) is 4.79 Å². The smallest absolute Gasteiger partial charge is 0.321 e. The van der Waals surface area contributed by atoms with Crippen molar-refractivity contribution in [3.05, 3.63) is 39.3 Å². The van der Waals surface area contributed by atoms with Crippen molar-refractivity contribution in [3.63, 3.8) is 0 Å². The maximum Gasteiger partial charge on any atom is 0.321 e. The summed E-state index contributed by atoms with van der Waals surface area (Å²) in [5.74, 6) is 0. The predicted octanol–water partition coefficient (Wildman–Crippen LogP) is 3.21. The Bertz CT molecular complexity index is 562. The van der Waals surface area contributed by atoms with Crippen LogP contribution in [0.15, 0.2) is 23.7 Å². The maximum absolute atomic E-state index is 11.5. The largest absolute Gasteiger partial charge is 0.337 e. The van der Waals surface area contributed by atoms with Crippen molar-refractivity contribution in [2.45, 2.75) is 6.42 Å². The van der Waals surface area contributed by atoms with Gasteiger partial charge in [0.2, 0.25) is 5.13 Å². The molecule has 2 N–H and O–H groups in total. The van der Waals surface area contributed by atoms with E-state index in [1.54, 1.807) is 11.6 Å². The molecule has 100 valence electrons. The molecule has 0 atom stereocenters. The van der Waals surface area contributed by atoms with Gasteiger partial charge in [0.15, 0.2) is 0 Å². The fourth-order valence-corrected chi connectivity index (χ4v) is 2.28. The number of carbonyl (C=O) groups excluding carboxylic acids is 1. The molecule has 0 radical (unpaired) electrons. The zero-order valence-corrected chi connectivity index (χ0v) is 12.0. The molecule has 0 spiro atoms. The summed E-state index contributed by atoms with van der Waals surface area (Å²) in [6.45, 7) is 0.449. The highest BCUT2D eigenvalue weighted by Gasteiger charge is 2.06. The number of benzene rings is 1. The van der Waals surface area contributed by atoms with E-state index in [0.717, 1.165) is 5.56 Å². The van der Waals surface area contributed by atoms with Crippen molar-refractivity contribution >= 4 is 45.7 Å². The summed E-state index contributed by atoms with van der Waals surface area (Å²) in [7, 11) is 0. The number of rotatable bonds is 4. The lowest BCUT2D eigenvalue weighted by Crippen LogP contribution is -2.30. The molecule has 0 fully saturated rings. The Labute approximate surface area is 123 Å². The van der Waals surface area contributed by atoms with Gasteiger partial charge in [-0.05, 0) is 18.1 Å². The minimum absolute atomic E-state index is 0.324. The third kappa shape index (κ3) is 4.05. The Hall–Kier alpha value is -1.37. The Morgan fingerprint density at radius 1 is 1.37 bits per heavy atom. The molecule has 0 aliphatic heterocycles. The number of hydrogen-bond acceptors (Lipinski definition) is 4. The van der Waals surface area contributed by atoms with E-state index in [1.165, 1.54) is 11.3 Å². The highest BCUT2D eigenvalue weighted by Crippen LogP contribution is 2.25. The zero-order valence-electron chi connectivity index (χ0n) is 9.69. The fraction of sp³-hybridized carbons (Fsp3) is 0.182. The van der Waals surface area contributed by atoms with Gasteiger partial charge < -0.3 is 5.32 Å². The van der Waals surface area contributed by atoms with Gasteiger partial charge in [-0.2, -0.15) is 0 Å². The minimum atomic E-state index is -0.324. The molecule has 1 aromatic carbocycles. The molecule has 1 aromatic heterocycles. The van der Waals surface area contributed by atoms with Crippen LogP contribution in [0.1, 0.15) is 5.56 Å². The molecule has 0 unspecified atom stereocenters. The van der Waals surface area contributed by atoms with E-state index in [9.17, 15) is 4.79 Å². The van der Waals surface area contributed by atoms with E-state index in [-0.39, 0.29) is 6.03 Å². The van der Waals surface area contributed by atoms with Gasteiger partial charge in [0.05, 0.1) is 10.0 Å². The van der Waals surface area contributed by atoms with Crippen LogP contribution in [0.2, 0.25) is 10.0 Å². The Kier molecular flexibility index (Phi) is 4.95. The lowest BCUT2D eigenvalue weighted by molar-refractivity contribution is 0.252. The highest BCUT2D eigenvalue weighted by atomic mass is 35.5. The first-order chi connectivity index (χ1) is 9.16. The summed E-state index contributed by atoms with van der Waals surface area (Å²) in [4.78, 5) is 11.5. The fourth-order valence-electron chi connectivity index (χ4n) is 1.42. The van der Waals surface area contributed by atoms with E-state index >= 15 is 0 Å².